The van der Waals surface area contributed by atoms with E-state index in [-0.39, 0.29) is 18.0 Å². The first-order valence-corrected chi connectivity index (χ1v) is 8.44. The third-order valence-corrected chi connectivity index (χ3v) is 4.16. The van der Waals surface area contributed by atoms with Crippen LogP contribution < -0.4 is 5.32 Å². The molecule has 0 spiro atoms. The van der Waals surface area contributed by atoms with Crippen LogP contribution in [0.15, 0.2) is 61.1 Å². The summed E-state index contributed by atoms with van der Waals surface area (Å²) in [6, 6.07) is 12.7. The molecule has 0 aliphatic rings. The number of carbonyl (C=O) groups is 1. The Morgan fingerprint density at radius 1 is 1.00 bits per heavy atom. The van der Waals surface area contributed by atoms with Crippen LogP contribution in [0, 0.1) is 0 Å². The molecule has 25 heavy (non-hydrogen) atoms. The van der Waals surface area contributed by atoms with Gasteiger partial charge in [0.2, 0.25) is 0 Å². The number of halogens is 1. The summed E-state index contributed by atoms with van der Waals surface area (Å²) in [4.78, 5) is 16.9. The molecule has 128 valence electrons. The smallest absolute Gasteiger partial charge is 0.270 e. The zero-order valence-corrected chi connectivity index (χ0v) is 14.8. The van der Waals surface area contributed by atoms with Gasteiger partial charge in [-0.1, -0.05) is 23.7 Å². The Morgan fingerprint density at radius 2 is 1.64 bits per heavy atom. The number of hydrogen-bond acceptors (Lipinski definition) is 3. The fourth-order valence-corrected chi connectivity index (χ4v) is 2.81. The number of carbonyl (C=O) groups excluding carboxylic acids is 1. The molecular weight excluding hydrogens is 336 g/mol. The lowest BCUT2D eigenvalue weighted by Gasteiger charge is -2.20. The number of amides is 1. The Hall–Kier alpha value is -2.66. The summed E-state index contributed by atoms with van der Waals surface area (Å²) < 4.78 is 1.71. The maximum absolute atomic E-state index is 12.8. The normalized spacial score (nSPS) is 12.2. The molecule has 2 aromatic heterocycles. The van der Waals surface area contributed by atoms with E-state index in [1.807, 2.05) is 50.2 Å². The first-order valence-electron chi connectivity index (χ1n) is 8.06. The maximum atomic E-state index is 12.8. The second-order valence-corrected chi connectivity index (χ2v) is 6.43. The lowest BCUT2D eigenvalue weighted by molar-refractivity contribution is 0.0930. The summed E-state index contributed by atoms with van der Waals surface area (Å²) in [7, 11) is 0. The van der Waals surface area contributed by atoms with Gasteiger partial charge < -0.3 is 5.32 Å². The molecule has 0 fully saturated rings. The van der Waals surface area contributed by atoms with Crippen LogP contribution in [0.3, 0.4) is 0 Å². The minimum Gasteiger partial charge on any atom is -0.340 e. The van der Waals surface area contributed by atoms with Crippen molar-refractivity contribution in [3.8, 4) is 0 Å². The molecule has 1 aromatic carbocycles. The van der Waals surface area contributed by atoms with E-state index in [4.69, 9.17) is 11.6 Å². The molecule has 0 saturated carbocycles. The van der Waals surface area contributed by atoms with E-state index in [9.17, 15) is 4.79 Å². The number of rotatable bonds is 5. The summed E-state index contributed by atoms with van der Waals surface area (Å²) in [5.41, 5.74) is 2.42. The van der Waals surface area contributed by atoms with Gasteiger partial charge in [0.1, 0.15) is 5.69 Å². The van der Waals surface area contributed by atoms with Gasteiger partial charge in [-0.05, 0) is 55.3 Å². The van der Waals surface area contributed by atoms with Crippen LogP contribution in [0.1, 0.15) is 47.5 Å². The Labute approximate surface area is 151 Å². The van der Waals surface area contributed by atoms with E-state index < -0.39 is 0 Å². The minimum atomic E-state index is -0.303. The number of aromatic nitrogens is 3. The highest BCUT2D eigenvalue weighted by atomic mass is 35.5. The fraction of sp³-hybridized carbons (Fsp3) is 0.211. The molecule has 2 heterocycles. The number of nitrogens with zero attached hydrogens (tertiary/aromatic N) is 3. The molecular formula is C19H19ClN4O. The van der Waals surface area contributed by atoms with Crippen LogP contribution in [0.25, 0.3) is 0 Å². The summed E-state index contributed by atoms with van der Waals surface area (Å²) in [5.74, 6) is -0.178. The van der Waals surface area contributed by atoms with E-state index in [0.717, 1.165) is 11.1 Å². The van der Waals surface area contributed by atoms with Gasteiger partial charge in [-0.15, -0.1) is 0 Å². The van der Waals surface area contributed by atoms with Crippen molar-refractivity contribution >= 4 is 17.5 Å². The molecule has 0 aliphatic heterocycles. The Bertz CT molecular complexity index is 843. The van der Waals surface area contributed by atoms with Crippen molar-refractivity contribution in [2.45, 2.75) is 25.9 Å². The van der Waals surface area contributed by atoms with Gasteiger partial charge in [0.25, 0.3) is 5.91 Å². The second-order valence-electron chi connectivity index (χ2n) is 5.99. The summed E-state index contributed by atoms with van der Waals surface area (Å²) in [5, 5.41) is 7.98. The van der Waals surface area contributed by atoms with Crippen LogP contribution >= 0.6 is 11.6 Å². The van der Waals surface area contributed by atoms with Gasteiger partial charge in [0.05, 0.1) is 6.04 Å². The highest BCUT2D eigenvalue weighted by Gasteiger charge is 2.21. The molecule has 1 unspecified atom stereocenters. The SMILES string of the molecule is CC(C)n1nccc1C(=O)NC(c1ccncc1)c1ccc(Cl)cc1. The average molecular weight is 355 g/mol. The number of nitrogens with one attached hydrogen (secondary N) is 1. The van der Waals surface area contributed by atoms with Crippen molar-refractivity contribution in [3.63, 3.8) is 0 Å². The molecule has 0 aliphatic carbocycles. The molecule has 0 saturated heterocycles. The predicted octanol–water partition coefficient (Wildman–Crippen LogP) is 4.03. The van der Waals surface area contributed by atoms with Gasteiger partial charge in [0.15, 0.2) is 0 Å². The highest BCUT2D eigenvalue weighted by Crippen LogP contribution is 2.24. The van der Waals surface area contributed by atoms with Crippen molar-refractivity contribution in [2.75, 3.05) is 0 Å². The highest BCUT2D eigenvalue weighted by molar-refractivity contribution is 6.30. The van der Waals surface area contributed by atoms with E-state index in [0.29, 0.717) is 10.7 Å². The molecule has 0 bridgehead atoms. The van der Waals surface area contributed by atoms with Crippen LogP contribution in [-0.4, -0.2) is 20.7 Å². The molecule has 3 aromatic rings. The van der Waals surface area contributed by atoms with Crippen molar-refractivity contribution < 1.29 is 4.79 Å². The average Bonchev–Trinajstić information content (AvgIpc) is 3.11. The zero-order valence-electron chi connectivity index (χ0n) is 14.1. The monoisotopic (exact) mass is 354 g/mol. The molecule has 1 amide bonds. The van der Waals surface area contributed by atoms with E-state index in [1.165, 1.54) is 0 Å². The topological polar surface area (TPSA) is 59.8 Å². The predicted molar refractivity (Wildman–Crippen MR) is 97.6 cm³/mol. The summed E-state index contributed by atoms with van der Waals surface area (Å²) in [6.07, 6.45) is 5.06. The molecule has 5 nitrogen and oxygen atoms in total. The lowest BCUT2D eigenvalue weighted by Crippen LogP contribution is -2.31. The Morgan fingerprint density at radius 3 is 2.28 bits per heavy atom. The van der Waals surface area contributed by atoms with Crippen LogP contribution in [-0.2, 0) is 0 Å². The minimum absolute atomic E-state index is 0.102. The first-order chi connectivity index (χ1) is 12.1. The molecule has 1 N–H and O–H groups in total. The number of pyridine rings is 1. The standard InChI is InChI=1S/C19H19ClN4O/c1-13(2)24-17(9-12-22-24)19(25)23-18(15-7-10-21-11-8-15)14-3-5-16(20)6-4-14/h3-13,18H,1-2H3,(H,23,25). The molecule has 3 rings (SSSR count). The van der Waals surface area contributed by atoms with Crippen molar-refractivity contribution in [2.24, 2.45) is 0 Å². The van der Waals surface area contributed by atoms with Crippen molar-refractivity contribution in [3.05, 3.63) is 82.9 Å². The molecule has 1 atom stereocenters. The molecule has 0 radical (unpaired) electrons. The van der Waals surface area contributed by atoms with Crippen LogP contribution in [0.4, 0.5) is 0 Å². The van der Waals surface area contributed by atoms with Crippen molar-refractivity contribution in [1.82, 2.24) is 20.1 Å². The van der Waals surface area contributed by atoms with Gasteiger partial charge in [-0.3, -0.25) is 14.5 Å². The summed E-state index contributed by atoms with van der Waals surface area (Å²) in [6.45, 7) is 3.98. The fourth-order valence-electron chi connectivity index (χ4n) is 2.68. The second kappa shape index (κ2) is 7.49. The van der Waals surface area contributed by atoms with E-state index >= 15 is 0 Å². The zero-order chi connectivity index (χ0) is 17.8. The number of hydrogen-bond donors (Lipinski definition) is 1. The quantitative estimate of drug-likeness (QED) is 0.752. The van der Waals surface area contributed by atoms with E-state index in [1.54, 1.807) is 29.3 Å². The van der Waals surface area contributed by atoms with Gasteiger partial charge in [0, 0.05) is 29.7 Å². The van der Waals surface area contributed by atoms with Crippen LogP contribution in [0.5, 0.6) is 0 Å². The first kappa shape index (κ1) is 17.2. The Balaban J connectivity index is 1.94. The van der Waals surface area contributed by atoms with E-state index in [2.05, 4.69) is 15.4 Å². The van der Waals surface area contributed by atoms with Gasteiger partial charge >= 0.3 is 0 Å². The number of benzene rings is 1. The lowest BCUT2D eigenvalue weighted by atomic mass is 9.99. The van der Waals surface area contributed by atoms with Gasteiger partial charge in [-0.2, -0.15) is 5.10 Å². The summed E-state index contributed by atoms with van der Waals surface area (Å²) >= 11 is 6.00. The van der Waals surface area contributed by atoms with Crippen molar-refractivity contribution in [1.29, 1.82) is 0 Å². The largest absolute Gasteiger partial charge is 0.340 e. The third-order valence-electron chi connectivity index (χ3n) is 3.91. The molecule has 6 heteroatoms. The third kappa shape index (κ3) is 3.88. The Kier molecular flexibility index (Phi) is 5.14. The van der Waals surface area contributed by atoms with Crippen LogP contribution in [0.2, 0.25) is 5.02 Å². The maximum Gasteiger partial charge on any atom is 0.270 e. The van der Waals surface area contributed by atoms with Gasteiger partial charge in [-0.25, -0.2) is 0 Å².